The largest absolute Gasteiger partial charge is 0.469 e. The minimum absolute atomic E-state index is 0.101. The van der Waals surface area contributed by atoms with Gasteiger partial charge < -0.3 is 10.5 Å². The van der Waals surface area contributed by atoms with Crippen LogP contribution in [0, 0.1) is 11.3 Å². The van der Waals surface area contributed by atoms with Gasteiger partial charge in [0.05, 0.1) is 18.7 Å². The second-order valence-electron chi connectivity index (χ2n) is 6.65. The Labute approximate surface area is 153 Å². The topological polar surface area (TPSA) is 82.5 Å². The van der Waals surface area contributed by atoms with Gasteiger partial charge in [-0.3, -0.25) is 9.20 Å². The molecule has 24 heavy (non-hydrogen) atoms. The number of ether oxygens (including phenoxy) is 1. The molecular weight excluding hydrogens is 396 g/mol. The second kappa shape index (κ2) is 6.19. The van der Waals surface area contributed by atoms with Crippen molar-refractivity contribution in [2.45, 2.75) is 39.0 Å². The molecule has 0 aliphatic heterocycles. The molecule has 0 amide bonds. The minimum atomic E-state index is -0.483. The number of methoxy groups -OCH3 is 1. The molecule has 3 rings (SSSR count). The summed E-state index contributed by atoms with van der Waals surface area (Å²) in [5.74, 6) is 1.32. The number of carbonyl (C=O) groups is 1. The lowest BCUT2D eigenvalue weighted by Crippen LogP contribution is -2.35. The lowest BCUT2D eigenvalue weighted by molar-refractivity contribution is -0.155. The highest BCUT2D eigenvalue weighted by Crippen LogP contribution is 2.52. The van der Waals surface area contributed by atoms with Crippen LogP contribution in [0.4, 0.5) is 5.82 Å². The van der Waals surface area contributed by atoms with E-state index in [-0.39, 0.29) is 17.8 Å². The molecular formula is C16H20BrClN4O2. The molecule has 2 aromatic heterocycles. The number of imidazole rings is 1. The zero-order chi connectivity index (χ0) is 17.6. The van der Waals surface area contributed by atoms with Gasteiger partial charge in [0.25, 0.3) is 0 Å². The summed E-state index contributed by atoms with van der Waals surface area (Å²) in [4.78, 5) is 21.1. The van der Waals surface area contributed by atoms with Gasteiger partial charge in [-0.1, -0.05) is 25.4 Å². The molecule has 2 atom stereocenters. The van der Waals surface area contributed by atoms with E-state index in [2.05, 4.69) is 39.7 Å². The van der Waals surface area contributed by atoms with Crippen LogP contribution >= 0.6 is 27.5 Å². The first-order valence-corrected chi connectivity index (χ1v) is 9.05. The van der Waals surface area contributed by atoms with Crippen molar-refractivity contribution in [1.82, 2.24) is 14.4 Å². The molecule has 1 aliphatic carbocycles. The normalized spacial score (nSPS) is 24.0. The fraction of sp³-hybridized carbons (Fsp3) is 0.562. The number of anilines is 1. The van der Waals surface area contributed by atoms with Gasteiger partial charge in [-0.05, 0) is 41.1 Å². The van der Waals surface area contributed by atoms with E-state index < -0.39 is 5.41 Å². The molecule has 6 nitrogen and oxygen atoms in total. The van der Waals surface area contributed by atoms with Crippen molar-refractivity contribution in [2.75, 3.05) is 12.8 Å². The first-order chi connectivity index (χ1) is 11.3. The number of nitrogens with zero attached hydrogens (tertiary/aromatic N) is 3. The van der Waals surface area contributed by atoms with Gasteiger partial charge in [-0.15, -0.1) is 0 Å². The fourth-order valence-corrected chi connectivity index (χ4v) is 4.59. The average Bonchev–Trinajstić information content (AvgIpc) is 3.13. The van der Waals surface area contributed by atoms with E-state index in [0.717, 1.165) is 18.7 Å². The van der Waals surface area contributed by atoms with Crippen LogP contribution in [0.1, 0.15) is 44.9 Å². The highest BCUT2D eigenvalue weighted by molar-refractivity contribution is 9.10. The molecule has 0 saturated heterocycles. The molecule has 130 valence electrons. The van der Waals surface area contributed by atoms with Gasteiger partial charge in [-0.2, -0.15) is 0 Å². The van der Waals surface area contributed by atoms with E-state index in [1.165, 1.54) is 13.3 Å². The van der Waals surface area contributed by atoms with Gasteiger partial charge in [0.2, 0.25) is 0 Å². The number of esters is 1. The maximum Gasteiger partial charge on any atom is 0.312 e. The monoisotopic (exact) mass is 414 g/mol. The summed E-state index contributed by atoms with van der Waals surface area (Å²) in [6.45, 7) is 4.13. The molecule has 2 N–H and O–H groups in total. The third kappa shape index (κ3) is 2.49. The lowest BCUT2D eigenvalue weighted by Gasteiger charge is -2.30. The molecule has 2 unspecified atom stereocenters. The van der Waals surface area contributed by atoms with Crippen molar-refractivity contribution in [3.8, 4) is 0 Å². The van der Waals surface area contributed by atoms with Gasteiger partial charge in [-0.25, -0.2) is 9.97 Å². The van der Waals surface area contributed by atoms with Crippen molar-refractivity contribution in [3.05, 3.63) is 21.8 Å². The van der Waals surface area contributed by atoms with Crippen molar-refractivity contribution < 1.29 is 9.53 Å². The van der Waals surface area contributed by atoms with Crippen LogP contribution in [-0.4, -0.2) is 27.4 Å². The van der Waals surface area contributed by atoms with Crippen LogP contribution in [0.2, 0.25) is 5.15 Å². The van der Waals surface area contributed by atoms with Gasteiger partial charge >= 0.3 is 5.97 Å². The Balaban J connectivity index is 2.07. The van der Waals surface area contributed by atoms with E-state index in [9.17, 15) is 4.79 Å². The first kappa shape index (κ1) is 17.5. The Morgan fingerprint density at radius 1 is 1.58 bits per heavy atom. The van der Waals surface area contributed by atoms with E-state index in [1.54, 1.807) is 0 Å². The quantitative estimate of drug-likeness (QED) is 0.771. The van der Waals surface area contributed by atoms with E-state index in [1.807, 2.05) is 4.40 Å². The number of hydrogen-bond donors (Lipinski definition) is 1. The Morgan fingerprint density at radius 3 is 2.92 bits per heavy atom. The first-order valence-electron chi connectivity index (χ1n) is 7.88. The number of rotatable bonds is 3. The summed E-state index contributed by atoms with van der Waals surface area (Å²) in [5, 5.41) is 0.451. The molecule has 8 heteroatoms. The summed E-state index contributed by atoms with van der Waals surface area (Å²) in [5.41, 5.74) is 6.16. The molecule has 0 radical (unpaired) electrons. The number of carbonyl (C=O) groups excluding carboxylic acids is 1. The Bertz CT molecular complexity index is 807. The zero-order valence-electron chi connectivity index (χ0n) is 13.8. The van der Waals surface area contributed by atoms with Gasteiger partial charge in [0.15, 0.2) is 5.82 Å². The third-order valence-electron chi connectivity index (χ3n) is 5.24. The fourth-order valence-electron chi connectivity index (χ4n) is 3.81. The maximum atomic E-state index is 12.4. The van der Waals surface area contributed by atoms with Crippen LogP contribution in [-0.2, 0) is 9.53 Å². The number of aromatic nitrogens is 3. The van der Waals surface area contributed by atoms with Gasteiger partial charge in [0, 0.05) is 5.92 Å². The summed E-state index contributed by atoms with van der Waals surface area (Å²) in [7, 11) is 1.45. The minimum Gasteiger partial charge on any atom is -0.469 e. The van der Waals surface area contributed by atoms with Crippen molar-refractivity contribution in [3.63, 3.8) is 0 Å². The number of hydrogen-bond acceptors (Lipinski definition) is 5. The van der Waals surface area contributed by atoms with Crippen LogP contribution in [0.3, 0.4) is 0 Å². The zero-order valence-corrected chi connectivity index (χ0v) is 16.2. The summed E-state index contributed by atoms with van der Waals surface area (Å²) in [6.07, 6.45) is 3.82. The molecule has 2 aromatic rings. The predicted octanol–water partition coefficient (Wildman–Crippen LogP) is 3.81. The molecule has 1 fully saturated rings. The summed E-state index contributed by atoms with van der Waals surface area (Å²) < 4.78 is 7.53. The van der Waals surface area contributed by atoms with Crippen LogP contribution in [0.15, 0.2) is 10.8 Å². The highest BCUT2D eigenvalue weighted by Gasteiger charge is 2.49. The standard InChI is InChI=1S/C16H20BrClN4O2/c1-8(2)16(15(23)24-3)5-4-9(6-16)14-21-12(17)11-13(19)20-7-10(18)22(11)14/h7-9H,4-6H2,1-3H3,(H2,19,20). The maximum absolute atomic E-state index is 12.4. The van der Waals surface area contributed by atoms with Crippen molar-refractivity contribution in [1.29, 1.82) is 0 Å². The van der Waals surface area contributed by atoms with E-state index in [4.69, 9.17) is 22.1 Å². The number of fused-ring (bicyclic) bond motifs is 1. The van der Waals surface area contributed by atoms with Crippen molar-refractivity contribution >= 4 is 44.8 Å². The lowest BCUT2D eigenvalue weighted by atomic mass is 9.75. The Morgan fingerprint density at radius 2 is 2.29 bits per heavy atom. The van der Waals surface area contributed by atoms with Crippen LogP contribution < -0.4 is 5.73 Å². The third-order valence-corrected chi connectivity index (χ3v) is 6.06. The highest BCUT2D eigenvalue weighted by atomic mass is 79.9. The SMILES string of the molecule is COC(=O)C1(C(C)C)CCC(c2nc(Br)c3c(N)ncc(Cl)n23)C1. The smallest absolute Gasteiger partial charge is 0.312 e. The van der Waals surface area contributed by atoms with Crippen LogP contribution in [0.5, 0.6) is 0 Å². The Kier molecular flexibility index (Phi) is 4.51. The molecule has 0 aromatic carbocycles. The van der Waals surface area contributed by atoms with E-state index in [0.29, 0.717) is 27.5 Å². The average molecular weight is 416 g/mol. The number of nitrogen functional groups attached to an aromatic ring is 1. The van der Waals surface area contributed by atoms with Crippen molar-refractivity contribution in [2.24, 2.45) is 11.3 Å². The predicted molar refractivity (Wildman–Crippen MR) is 96.0 cm³/mol. The van der Waals surface area contributed by atoms with Gasteiger partial charge in [0.1, 0.15) is 21.1 Å². The molecule has 1 aliphatic rings. The Hall–Kier alpha value is -1.34. The second-order valence-corrected chi connectivity index (χ2v) is 7.79. The molecule has 1 saturated carbocycles. The molecule has 0 bridgehead atoms. The molecule has 0 spiro atoms. The van der Waals surface area contributed by atoms with Crippen LogP contribution in [0.25, 0.3) is 5.52 Å². The number of halogens is 2. The summed E-state index contributed by atoms with van der Waals surface area (Å²) in [6, 6.07) is 0. The summed E-state index contributed by atoms with van der Waals surface area (Å²) >= 11 is 9.79. The number of nitrogens with two attached hydrogens (primary N) is 1. The molecule has 2 heterocycles. The van der Waals surface area contributed by atoms with E-state index >= 15 is 0 Å².